The zero-order valence-corrected chi connectivity index (χ0v) is 11.0. The predicted octanol–water partition coefficient (Wildman–Crippen LogP) is 0.664. The van der Waals surface area contributed by atoms with Gasteiger partial charge in [0.2, 0.25) is 10.0 Å². The van der Waals surface area contributed by atoms with Gasteiger partial charge in [0.1, 0.15) is 0 Å². The number of ether oxygens (including phenoxy) is 1. The molecule has 0 bridgehead atoms. The Hall–Kier alpha value is -0.470. The first-order valence-corrected chi connectivity index (χ1v) is 7.87. The molecule has 1 fully saturated rings. The maximum atomic E-state index is 12.0. The van der Waals surface area contributed by atoms with Crippen molar-refractivity contribution in [2.75, 3.05) is 13.2 Å². The van der Waals surface area contributed by atoms with Crippen LogP contribution in [-0.4, -0.2) is 27.7 Å². The van der Waals surface area contributed by atoms with Crippen LogP contribution in [0.4, 0.5) is 0 Å². The van der Waals surface area contributed by atoms with Gasteiger partial charge >= 0.3 is 0 Å². The first kappa shape index (κ1) is 13.0. The second-order valence-corrected chi connectivity index (χ2v) is 6.64. The van der Waals surface area contributed by atoms with Gasteiger partial charge in [0.25, 0.3) is 0 Å². The van der Waals surface area contributed by atoms with Gasteiger partial charge in [-0.1, -0.05) is 0 Å². The third kappa shape index (κ3) is 3.05. The molecule has 1 aliphatic heterocycles. The quantitative estimate of drug-likeness (QED) is 0.828. The molecule has 96 valence electrons. The highest BCUT2D eigenvalue weighted by Crippen LogP contribution is 2.21. The van der Waals surface area contributed by atoms with Gasteiger partial charge in [0.15, 0.2) is 0 Å². The SMILES string of the molecule is NCc1sccc1S(=O)(=O)NCC1CCCO1. The van der Waals surface area contributed by atoms with Gasteiger partial charge < -0.3 is 10.5 Å². The summed E-state index contributed by atoms with van der Waals surface area (Å²) >= 11 is 1.36. The van der Waals surface area contributed by atoms with Crippen LogP contribution in [0.15, 0.2) is 16.3 Å². The van der Waals surface area contributed by atoms with Gasteiger partial charge in [-0.05, 0) is 24.3 Å². The highest BCUT2D eigenvalue weighted by atomic mass is 32.2. The van der Waals surface area contributed by atoms with E-state index in [0.717, 1.165) is 19.4 Å². The van der Waals surface area contributed by atoms with Crippen LogP contribution in [0.5, 0.6) is 0 Å². The minimum Gasteiger partial charge on any atom is -0.377 e. The lowest BCUT2D eigenvalue weighted by Crippen LogP contribution is -2.32. The summed E-state index contributed by atoms with van der Waals surface area (Å²) in [4.78, 5) is 0.979. The Balaban J connectivity index is 2.03. The summed E-state index contributed by atoms with van der Waals surface area (Å²) in [7, 11) is -3.45. The lowest BCUT2D eigenvalue weighted by Gasteiger charge is -2.11. The van der Waals surface area contributed by atoms with Crippen molar-refractivity contribution in [2.24, 2.45) is 5.73 Å². The van der Waals surface area contributed by atoms with E-state index in [1.807, 2.05) is 0 Å². The largest absolute Gasteiger partial charge is 0.377 e. The molecular weight excluding hydrogens is 260 g/mol. The van der Waals surface area contributed by atoms with Crippen LogP contribution >= 0.6 is 11.3 Å². The van der Waals surface area contributed by atoms with Gasteiger partial charge in [0, 0.05) is 24.6 Å². The molecule has 1 saturated heterocycles. The van der Waals surface area contributed by atoms with Crippen LogP contribution in [-0.2, 0) is 21.3 Å². The van der Waals surface area contributed by atoms with E-state index < -0.39 is 10.0 Å². The normalized spacial score (nSPS) is 20.9. The fourth-order valence-electron chi connectivity index (χ4n) is 1.80. The standard InChI is InChI=1S/C10H16N2O3S2/c11-6-9-10(3-5-16-9)17(13,14)12-7-8-2-1-4-15-8/h3,5,8,12H,1-2,4,6-7,11H2. The molecule has 2 heterocycles. The maximum Gasteiger partial charge on any atom is 0.241 e. The average molecular weight is 276 g/mol. The molecule has 0 aromatic carbocycles. The predicted molar refractivity (Wildman–Crippen MR) is 66.4 cm³/mol. The number of rotatable bonds is 5. The number of nitrogens with one attached hydrogen (secondary N) is 1. The molecule has 0 spiro atoms. The second kappa shape index (κ2) is 5.45. The molecule has 0 amide bonds. The third-order valence-corrected chi connectivity index (χ3v) is 5.29. The lowest BCUT2D eigenvalue weighted by molar-refractivity contribution is 0.114. The molecule has 1 atom stereocenters. The Kier molecular flexibility index (Phi) is 4.16. The summed E-state index contributed by atoms with van der Waals surface area (Å²) in [5.74, 6) is 0. The van der Waals surface area contributed by atoms with Crippen LogP contribution in [0.25, 0.3) is 0 Å². The number of sulfonamides is 1. The summed E-state index contributed by atoms with van der Waals surface area (Å²) in [6.45, 7) is 1.30. The first-order valence-electron chi connectivity index (χ1n) is 5.51. The molecule has 0 radical (unpaired) electrons. The highest BCUT2D eigenvalue weighted by molar-refractivity contribution is 7.89. The zero-order chi connectivity index (χ0) is 12.3. The van der Waals surface area contributed by atoms with Crippen molar-refractivity contribution in [3.05, 3.63) is 16.3 Å². The van der Waals surface area contributed by atoms with Crippen molar-refractivity contribution in [3.63, 3.8) is 0 Å². The molecule has 2 rings (SSSR count). The van der Waals surface area contributed by atoms with Crippen molar-refractivity contribution in [2.45, 2.75) is 30.4 Å². The number of hydrogen-bond acceptors (Lipinski definition) is 5. The first-order chi connectivity index (χ1) is 8.13. The van der Waals surface area contributed by atoms with E-state index in [1.54, 1.807) is 11.4 Å². The summed E-state index contributed by atoms with van der Waals surface area (Å²) in [5.41, 5.74) is 5.50. The molecule has 0 aliphatic carbocycles. The van der Waals surface area contributed by atoms with Gasteiger partial charge in [0.05, 0.1) is 11.0 Å². The van der Waals surface area contributed by atoms with E-state index in [0.29, 0.717) is 16.3 Å². The minimum absolute atomic E-state index is 0.00439. The molecule has 17 heavy (non-hydrogen) atoms. The van der Waals surface area contributed by atoms with Crippen LogP contribution < -0.4 is 10.5 Å². The molecule has 3 N–H and O–H groups in total. The smallest absolute Gasteiger partial charge is 0.241 e. The Morgan fingerprint density at radius 1 is 1.59 bits per heavy atom. The van der Waals surface area contributed by atoms with E-state index in [1.165, 1.54) is 11.3 Å². The Morgan fingerprint density at radius 2 is 2.41 bits per heavy atom. The maximum absolute atomic E-state index is 12.0. The molecule has 1 aromatic rings. The van der Waals surface area contributed by atoms with Crippen LogP contribution in [0.2, 0.25) is 0 Å². The number of nitrogens with two attached hydrogens (primary N) is 1. The molecular formula is C10H16N2O3S2. The average Bonchev–Trinajstić information content (AvgIpc) is 2.97. The zero-order valence-electron chi connectivity index (χ0n) is 9.39. The lowest BCUT2D eigenvalue weighted by atomic mass is 10.2. The van der Waals surface area contributed by atoms with E-state index in [4.69, 9.17) is 10.5 Å². The molecule has 1 unspecified atom stereocenters. The van der Waals surface area contributed by atoms with Crippen LogP contribution in [0.1, 0.15) is 17.7 Å². The van der Waals surface area contributed by atoms with Crippen LogP contribution in [0.3, 0.4) is 0 Å². The second-order valence-electron chi connectivity index (χ2n) is 3.90. The molecule has 5 nitrogen and oxygen atoms in total. The molecule has 7 heteroatoms. The Labute approximate surface area is 105 Å². The van der Waals surface area contributed by atoms with Gasteiger partial charge in [-0.15, -0.1) is 11.3 Å². The monoisotopic (exact) mass is 276 g/mol. The summed E-state index contributed by atoms with van der Waals surface area (Å²) in [6.07, 6.45) is 1.92. The summed E-state index contributed by atoms with van der Waals surface area (Å²) < 4.78 is 32.0. The Morgan fingerprint density at radius 3 is 3.06 bits per heavy atom. The highest BCUT2D eigenvalue weighted by Gasteiger charge is 2.22. The van der Waals surface area contributed by atoms with Crippen molar-refractivity contribution in [3.8, 4) is 0 Å². The number of hydrogen-bond donors (Lipinski definition) is 2. The minimum atomic E-state index is -3.45. The van der Waals surface area contributed by atoms with Crippen LogP contribution in [0, 0.1) is 0 Å². The van der Waals surface area contributed by atoms with Gasteiger partial charge in [-0.3, -0.25) is 0 Å². The molecule has 0 saturated carbocycles. The number of thiophene rings is 1. The molecule has 1 aromatic heterocycles. The van der Waals surface area contributed by atoms with Gasteiger partial charge in [-0.2, -0.15) is 0 Å². The van der Waals surface area contributed by atoms with Crippen molar-refractivity contribution < 1.29 is 13.2 Å². The third-order valence-electron chi connectivity index (χ3n) is 2.70. The van der Waals surface area contributed by atoms with E-state index >= 15 is 0 Å². The van der Waals surface area contributed by atoms with E-state index in [-0.39, 0.29) is 12.6 Å². The Bertz CT molecular complexity index is 464. The summed E-state index contributed by atoms with van der Waals surface area (Å²) in [5, 5.41) is 1.74. The van der Waals surface area contributed by atoms with Crippen molar-refractivity contribution in [1.29, 1.82) is 0 Å². The van der Waals surface area contributed by atoms with E-state index in [9.17, 15) is 8.42 Å². The molecule has 1 aliphatic rings. The fraction of sp³-hybridized carbons (Fsp3) is 0.600. The van der Waals surface area contributed by atoms with Crippen molar-refractivity contribution in [1.82, 2.24) is 4.72 Å². The summed E-state index contributed by atoms with van der Waals surface area (Å²) in [6, 6.07) is 1.59. The topological polar surface area (TPSA) is 81.4 Å². The fourth-order valence-corrected chi connectivity index (χ4v) is 4.20. The van der Waals surface area contributed by atoms with Gasteiger partial charge in [-0.25, -0.2) is 13.1 Å². The van der Waals surface area contributed by atoms with E-state index in [2.05, 4.69) is 4.72 Å². The van der Waals surface area contributed by atoms with Crippen molar-refractivity contribution >= 4 is 21.4 Å².